The highest BCUT2D eigenvalue weighted by Crippen LogP contribution is 2.32. The first-order valence-corrected chi connectivity index (χ1v) is 8.16. The van der Waals surface area contributed by atoms with Crippen LogP contribution < -0.4 is 5.73 Å². The molecule has 4 atom stereocenters. The molecule has 1 fully saturated rings. The predicted octanol–water partition coefficient (Wildman–Crippen LogP) is -1.48. The Morgan fingerprint density at radius 1 is 1.16 bits per heavy atom. The molecule has 2 aromatic heterocycles. The van der Waals surface area contributed by atoms with Crippen molar-refractivity contribution in [2.24, 2.45) is 0 Å². The molecule has 0 bridgehead atoms. The molecule has 1 aliphatic heterocycles. The summed E-state index contributed by atoms with van der Waals surface area (Å²) >= 11 is 0. The summed E-state index contributed by atoms with van der Waals surface area (Å²) < 4.78 is 7.51. The maximum Gasteiger partial charge on any atom is 0.167 e. The van der Waals surface area contributed by atoms with Crippen molar-refractivity contribution in [3.63, 3.8) is 0 Å². The van der Waals surface area contributed by atoms with Crippen LogP contribution in [0.2, 0.25) is 0 Å². The summed E-state index contributed by atoms with van der Waals surface area (Å²) in [6.45, 7) is 2.23. The van der Waals surface area contributed by atoms with Gasteiger partial charge in [-0.1, -0.05) is 0 Å². The van der Waals surface area contributed by atoms with Gasteiger partial charge in [0, 0.05) is 19.6 Å². The van der Waals surface area contributed by atoms with Crippen molar-refractivity contribution in [1.82, 2.24) is 29.3 Å². The number of nitrogen functional groups attached to an aromatic ring is 1. The van der Waals surface area contributed by atoms with Crippen LogP contribution in [0.3, 0.4) is 0 Å². The number of aromatic nitrogens is 4. The monoisotopic (exact) mass is 351 g/mol. The van der Waals surface area contributed by atoms with Gasteiger partial charge in [-0.15, -0.1) is 0 Å². The summed E-state index contributed by atoms with van der Waals surface area (Å²) in [7, 11) is 5.97. The van der Waals surface area contributed by atoms with Crippen LogP contribution in [0.25, 0.3) is 11.2 Å². The lowest BCUT2D eigenvalue weighted by molar-refractivity contribution is -0.0423. The Morgan fingerprint density at radius 2 is 1.92 bits per heavy atom. The van der Waals surface area contributed by atoms with Crippen molar-refractivity contribution in [3.8, 4) is 0 Å². The van der Waals surface area contributed by atoms with E-state index in [4.69, 9.17) is 10.5 Å². The van der Waals surface area contributed by atoms with Crippen molar-refractivity contribution >= 4 is 17.0 Å². The fraction of sp³-hybridized carbons (Fsp3) is 0.667. The standard InChI is InChI=1S/C15H25N7O3/c1-20(2)4-5-21(3)6-9-11(23)12(24)15(25-9)22-8-19-10-13(16)17-7-18-14(10)22/h7-9,11-12,15,23-24H,4-6H2,1-3H3,(H2,16,17,18)/t9-,11-,12-,15-/m1/s1. The zero-order chi connectivity index (χ0) is 18.1. The van der Waals surface area contributed by atoms with E-state index in [0.717, 1.165) is 13.1 Å². The smallest absolute Gasteiger partial charge is 0.167 e. The second kappa shape index (κ2) is 7.18. The van der Waals surface area contributed by atoms with Gasteiger partial charge in [-0.05, 0) is 21.1 Å². The van der Waals surface area contributed by atoms with E-state index in [1.54, 1.807) is 4.57 Å². The number of anilines is 1. The fourth-order valence-electron chi connectivity index (χ4n) is 2.94. The lowest BCUT2D eigenvalue weighted by Gasteiger charge is -2.24. The number of rotatable bonds is 6. The number of likely N-dealkylation sites (N-methyl/N-ethyl adjacent to an activating group) is 2. The van der Waals surface area contributed by atoms with Gasteiger partial charge in [-0.3, -0.25) is 4.57 Å². The van der Waals surface area contributed by atoms with Crippen molar-refractivity contribution in [2.75, 3.05) is 46.5 Å². The van der Waals surface area contributed by atoms with Crippen LogP contribution in [0.15, 0.2) is 12.7 Å². The van der Waals surface area contributed by atoms with Crippen LogP contribution in [-0.4, -0.2) is 98.6 Å². The molecule has 25 heavy (non-hydrogen) atoms. The molecule has 0 saturated carbocycles. The zero-order valence-electron chi connectivity index (χ0n) is 14.6. The molecule has 1 aliphatic rings. The Morgan fingerprint density at radius 3 is 2.64 bits per heavy atom. The molecule has 0 unspecified atom stereocenters. The van der Waals surface area contributed by atoms with Crippen LogP contribution in [0, 0.1) is 0 Å². The average molecular weight is 351 g/mol. The first-order valence-electron chi connectivity index (χ1n) is 8.16. The molecule has 2 aromatic rings. The summed E-state index contributed by atoms with van der Waals surface area (Å²) in [5.41, 5.74) is 6.70. The van der Waals surface area contributed by atoms with E-state index < -0.39 is 24.5 Å². The van der Waals surface area contributed by atoms with E-state index in [2.05, 4.69) is 24.8 Å². The van der Waals surface area contributed by atoms with E-state index in [1.807, 2.05) is 21.1 Å². The molecule has 138 valence electrons. The lowest BCUT2D eigenvalue weighted by atomic mass is 10.1. The maximum absolute atomic E-state index is 10.4. The number of aliphatic hydroxyl groups is 2. The highest BCUT2D eigenvalue weighted by Gasteiger charge is 2.44. The summed E-state index contributed by atoms with van der Waals surface area (Å²) in [5, 5.41) is 20.8. The topological polar surface area (TPSA) is 126 Å². The third kappa shape index (κ3) is 3.58. The summed E-state index contributed by atoms with van der Waals surface area (Å²) in [4.78, 5) is 16.4. The third-order valence-electron chi connectivity index (χ3n) is 4.42. The van der Waals surface area contributed by atoms with Crippen molar-refractivity contribution in [1.29, 1.82) is 0 Å². The molecule has 0 amide bonds. The summed E-state index contributed by atoms with van der Waals surface area (Å²) in [5.74, 6) is 0.261. The predicted molar refractivity (Wildman–Crippen MR) is 91.7 cm³/mol. The quantitative estimate of drug-likeness (QED) is 0.571. The van der Waals surface area contributed by atoms with Crippen LogP contribution in [0.1, 0.15) is 6.23 Å². The molecule has 1 saturated heterocycles. The molecule has 0 aliphatic carbocycles. The molecule has 4 N–H and O–H groups in total. The fourth-order valence-corrected chi connectivity index (χ4v) is 2.94. The number of imidazole rings is 1. The van der Waals surface area contributed by atoms with E-state index >= 15 is 0 Å². The van der Waals surface area contributed by atoms with E-state index in [9.17, 15) is 10.2 Å². The number of nitrogens with two attached hydrogens (primary N) is 1. The number of aliphatic hydroxyl groups excluding tert-OH is 2. The largest absolute Gasteiger partial charge is 0.387 e. The Bertz CT molecular complexity index is 722. The summed E-state index contributed by atoms with van der Waals surface area (Å²) in [6.07, 6.45) is -0.538. The second-order valence-corrected chi connectivity index (χ2v) is 6.69. The van der Waals surface area contributed by atoms with Crippen LogP contribution in [-0.2, 0) is 4.74 Å². The van der Waals surface area contributed by atoms with Crippen LogP contribution >= 0.6 is 0 Å². The molecule has 10 heteroatoms. The second-order valence-electron chi connectivity index (χ2n) is 6.69. The normalized spacial score (nSPS) is 27.0. The van der Waals surface area contributed by atoms with Gasteiger partial charge in [-0.2, -0.15) is 0 Å². The Hall–Kier alpha value is -1.85. The average Bonchev–Trinajstić information content (AvgIpc) is 3.10. The SMILES string of the molecule is CN(C)CCN(C)C[C@H]1O[C@@H](n2cnc3c(N)ncnc32)[C@H](O)[C@@H]1O. The first kappa shape index (κ1) is 18.0. The molecule has 0 spiro atoms. The minimum absolute atomic E-state index is 0.261. The summed E-state index contributed by atoms with van der Waals surface area (Å²) in [6, 6.07) is 0. The maximum atomic E-state index is 10.4. The van der Waals surface area contributed by atoms with Gasteiger partial charge in [0.15, 0.2) is 17.7 Å². The Kier molecular flexibility index (Phi) is 5.16. The first-order chi connectivity index (χ1) is 11.9. The highest BCUT2D eigenvalue weighted by atomic mass is 16.6. The lowest BCUT2D eigenvalue weighted by Crippen LogP contribution is -2.40. The van der Waals surface area contributed by atoms with Crippen LogP contribution in [0.5, 0.6) is 0 Å². The van der Waals surface area contributed by atoms with Crippen molar-refractivity contribution in [3.05, 3.63) is 12.7 Å². The number of hydrogen-bond acceptors (Lipinski definition) is 9. The minimum Gasteiger partial charge on any atom is -0.387 e. The Balaban J connectivity index is 1.74. The third-order valence-corrected chi connectivity index (χ3v) is 4.42. The van der Waals surface area contributed by atoms with Gasteiger partial charge >= 0.3 is 0 Å². The molecule has 0 radical (unpaired) electrons. The van der Waals surface area contributed by atoms with Gasteiger partial charge < -0.3 is 30.5 Å². The minimum atomic E-state index is -1.08. The van der Waals surface area contributed by atoms with Gasteiger partial charge in [0.2, 0.25) is 0 Å². The van der Waals surface area contributed by atoms with Gasteiger partial charge in [0.25, 0.3) is 0 Å². The molecule has 0 aromatic carbocycles. The van der Waals surface area contributed by atoms with Crippen LogP contribution in [0.4, 0.5) is 5.82 Å². The van der Waals surface area contributed by atoms with Gasteiger partial charge in [0.05, 0.1) is 6.33 Å². The number of ether oxygens (including phenoxy) is 1. The molecule has 3 rings (SSSR count). The van der Waals surface area contributed by atoms with E-state index in [0.29, 0.717) is 17.7 Å². The molecular formula is C15H25N7O3. The zero-order valence-corrected chi connectivity index (χ0v) is 14.6. The highest BCUT2D eigenvalue weighted by molar-refractivity contribution is 5.81. The van der Waals surface area contributed by atoms with Gasteiger partial charge in [0.1, 0.15) is 30.2 Å². The number of nitrogens with zero attached hydrogens (tertiary/aromatic N) is 6. The molecule has 10 nitrogen and oxygen atoms in total. The van der Waals surface area contributed by atoms with E-state index in [1.165, 1.54) is 12.7 Å². The Labute approximate surface area is 145 Å². The molecular weight excluding hydrogens is 326 g/mol. The van der Waals surface area contributed by atoms with Gasteiger partial charge in [-0.25, -0.2) is 15.0 Å². The van der Waals surface area contributed by atoms with Crippen molar-refractivity contribution < 1.29 is 14.9 Å². The number of hydrogen-bond donors (Lipinski definition) is 3. The molecule has 3 heterocycles. The van der Waals surface area contributed by atoms with E-state index in [-0.39, 0.29) is 5.82 Å². The van der Waals surface area contributed by atoms with Crippen molar-refractivity contribution in [2.45, 2.75) is 24.5 Å². The number of fused-ring (bicyclic) bond motifs is 1.